The van der Waals surface area contributed by atoms with Crippen molar-refractivity contribution in [2.75, 3.05) is 0 Å². The number of para-hydroxylation sites is 2. The van der Waals surface area contributed by atoms with E-state index in [2.05, 4.69) is 19.9 Å². The second-order valence-corrected chi connectivity index (χ2v) is 7.88. The highest BCUT2D eigenvalue weighted by atomic mass is 16.4. The predicted molar refractivity (Wildman–Crippen MR) is 135 cm³/mol. The molecular formula is C26H17N5O5. The van der Waals surface area contributed by atoms with Crippen molar-refractivity contribution in [3.8, 4) is 0 Å². The number of amides is 1. The van der Waals surface area contributed by atoms with Crippen molar-refractivity contribution in [1.82, 2.24) is 19.9 Å². The van der Waals surface area contributed by atoms with Gasteiger partial charge in [0.15, 0.2) is 0 Å². The van der Waals surface area contributed by atoms with Gasteiger partial charge in [-0.25, -0.2) is 4.79 Å². The molecule has 0 aliphatic carbocycles. The van der Waals surface area contributed by atoms with Crippen molar-refractivity contribution >= 4 is 55.2 Å². The van der Waals surface area contributed by atoms with Crippen LogP contribution in [0.5, 0.6) is 0 Å². The molecule has 0 saturated carbocycles. The van der Waals surface area contributed by atoms with Gasteiger partial charge >= 0.3 is 5.97 Å². The Kier molecular flexibility index (Phi) is 5.46. The van der Waals surface area contributed by atoms with Crippen LogP contribution in [-0.4, -0.2) is 36.9 Å². The number of rotatable bonds is 2. The quantitative estimate of drug-likeness (QED) is 0.276. The third-order valence-electron chi connectivity index (χ3n) is 5.81. The van der Waals surface area contributed by atoms with Gasteiger partial charge in [0.05, 0.1) is 32.9 Å². The average Bonchev–Trinajstić information content (AvgIpc) is 2.89. The molecule has 4 aromatic heterocycles. The molecule has 10 heteroatoms. The molecule has 2 aromatic carbocycles. The number of primary amides is 1. The summed E-state index contributed by atoms with van der Waals surface area (Å²) in [5.41, 5.74) is 5.89. The molecule has 0 spiro atoms. The summed E-state index contributed by atoms with van der Waals surface area (Å²) in [7, 11) is 0. The summed E-state index contributed by atoms with van der Waals surface area (Å²) in [6.45, 7) is 0. The Balaban J connectivity index is 0.000000148. The normalized spacial score (nSPS) is 10.9. The standard InChI is InChI=1S/C13H9N3O2.C13H8N2O3/c14-12(17)9-3-1-2-7-10-6-15-5-4-8(10)13(18)16-11(7)9;16-12-8-4-5-14-6-10(8)7-2-1-3-9(13(17)18)11(7)15-12/h1-6H,(H2,14,17)(H,16,18);1-6H,(H,15,16)(H,17,18). The SMILES string of the molecule is NC(=O)c1cccc2c1[nH]c(=O)c1ccncc12.O=C(O)c1cccc2c1[nH]c(=O)c1ccncc12. The fourth-order valence-electron chi connectivity index (χ4n) is 4.18. The molecule has 36 heavy (non-hydrogen) atoms. The Labute approximate surface area is 201 Å². The summed E-state index contributed by atoms with van der Waals surface area (Å²) in [4.78, 5) is 59.6. The number of aromatic carboxylic acids is 1. The minimum Gasteiger partial charge on any atom is -0.478 e. The van der Waals surface area contributed by atoms with Crippen molar-refractivity contribution in [2.45, 2.75) is 0 Å². The van der Waals surface area contributed by atoms with E-state index in [0.717, 1.165) is 5.39 Å². The fourth-order valence-corrected chi connectivity index (χ4v) is 4.18. The number of H-pyrrole nitrogens is 2. The van der Waals surface area contributed by atoms with Crippen molar-refractivity contribution in [3.05, 3.63) is 105 Å². The van der Waals surface area contributed by atoms with Gasteiger partial charge in [0.25, 0.3) is 17.0 Å². The Morgan fingerprint density at radius 2 is 1.14 bits per heavy atom. The fraction of sp³-hybridized carbons (Fsp3) is 0. The number of carbonyl (C=O) groups excluding carboxylic acids is 1. The van der Waals surface area contributed by atoms with E-state index in [1.54, 1.807) is 55.0 Å². The predicted octanol–water partition coefficient (Wildman–Crippen LogP) is 2.95. The number of benzene rings is 2. The maximum absolute atomic E-state index is 11.9. The molecular weight excluding hydrogens is 462 g/mol. The van der Waals surface area contributed by atoms with Gasteiger partial charge in [-0.3, -0.25) is 24.4 Å². The minimum atomic E-state index is -1.07. The van der Waals surface area contributed by atoms with Gasteiger partial charge in [-0.1, -0.05) is 24.3 Å². The number of hydrogen-bond acceptors (Lipinski definition) is 6. The monoisotopic (exact) mass is 479 g/mol. The number of carbonyl (C=O) groups is 2. The molecule has 0 aliphatic heterocycles. The second-order valence-electron chi connectivity index (χ2n) is 7.88. The number of pyridine rings is 4. The molecule has 176 valence electrons. The van der Waals surface area contributed by atoms with E-state index >= 15 is 0 Å². The third-order valence-corrected chi connectivity index (χ3v) is 5.81. The highest BCUT2D eigenvalue weighted by molar-refractivity contribution is 6.13. The summed E-state index contributed by atoms with van der Waals surface area (Å²) in [6.07, 6.45) is 6.27. The van der Waals surface area contributed by atoms with E-state index in [-0.39, 0.29) is 16.7 Å². The molecule has 0 radical (unpaired) electrons. The number of aromatic nitrogens is 4. The summed E-state index contributed by atoms with van der Waals surface area (Å²) in [5.74, 6) is -1.64. The lowest BCUT2D eigenvalue weighted by molar-refractivity contribution is 0.0698. The Morgan fingerprint density at radius 3 is 1.61 bits per heavy atom. The third kappa shape index (κ3) is 3.72. The van der Waals surface area contributed by atoms with Crippen LogP contribution < -0.4 is 16.9 Å². The second kappa shape index (κ2) is 8.76. The zero-order valence-electron chi connectivity index (χ0n) is 18.5. The largest absolute Gasteiger partial charge is 0.478 e. The molecule has 1 amide bonds. The first-order chi connectivity index (χ1) is 17.4. The summed E-state index contributed by atoms with van der Waals surface area (Å²) < 4.78 is 0. The van der Waals surface area contributed by atoms with E-state index in [1.165, 1.54) is 12.3 Å². The average molecular weight is 479 g/mol. The molecule has 0 unspecified atom stereocenters. The van der Waals surface area contributed by atoms with E-state index in [4.69, 9.17) is 10.8 Å². The lowest BCUT2D eigenvalue weighted by Crippen LogP contribution is -2.14. The van der Waals surface area contributed by atoms with Crippen LogP contribution in [-0.2, 0) is 0 Å². The van der Waals surface area contributed by atoms with Gasteiger partial charge in [0.1, 0.15) is 0 Å². The van der Waals surface area contributed by atoms with Gasteiger partial charge < -0.3 is 20.8 Å². The van der Waals surface area contributed by atoms with Crippen LogP contribution in [0.3, 0.4) is 0 Å². The number of carboxylic acids is 1. The van der Waals surface area contributed by atoms with Crippen LogP contribution in [0.4, 0.5) is 0 Å². The Hall–Kier alpha value is -5.38. The van der Waals surface area contributed by atoms with Crippen LogP contribution in [0, 0.1) is 0 Å². The van der Waals surface area contributed by atoms with Gasteiger partial charge in [0.2, 0.25) is 0 Å². The van der Waals surface area contributed by atoms with Crippen molar-refractivity contribution in [3.63, 3.8) is 0 Å². The molecule has 0 fully saturated rings. The van der Waals surface area contributed by atoms with Crippen LogP contribution in [0.2, 0.25) is 0 Å². The maximum atomic E-state index is 11.9. The van der Waals surface area contributed by atoms with Crippen molar-refractivity contribution in [1.29, 1.82) is 0 Å². The topological polar surface area (TPSA) is 172 Å². The molecule has 0 atom stereocenters. The van der Waals surface area contributed by atoms with Crippen LogP contribution >= 0.6 is 0 Å². The number of hydrogen-bond donors (Lipinski definition) is 4. The first-order valence-electron chi connectivity index (χ1n) is 10.7. The van der Waals surface area contributed by atoms with E-state index in [0.29, 0.717) is 43.5 Å². The number of nitrogens with one attached hydrogen (secondary N) is 2. The Bertz CT molecular complexity index is 1820. The molecule has 6 rings (SSSR count). The summed E-state index contributed by atoms with van der Waals surface area (Å²) in [5, 5.41) is 12.9. The molecule has 5 N–H and O–H groups in total. The number of fused-ring (bicyclic) bond motifs is 6. The summed E-state index contributed by atoms with van der Waals surface area (Å²) >= 11 is 0. The van der Waals surface area contributed by atoms with E-state index in [9.17, 15) is 19.2 Å². The molecule has 4 heterocycles. The maximum Gasteiger partial charge on any atom is 0.337 e. The van der Waals surface area contributed by atoms with Crippen LogP contribution in [0.1, 0.15) is 20.7 Å². The van der Waals surface area contributed by atoms with Crippen LogP contribution in [0.25, 0.3) is 43.4 Å². The zero-order chi connectivity index (χ0) is 25.4. The lowest BCUT2D eigenvalue weighted by atomic mass is 10.0. The molecule has 6 aromatic rings. The number of carboxylic acid groups (broad SMARTS) is 1. The molecule has 10 nitrogen and oxygen atoms in total. The van der Waals surface area contributed by atoms with E-state index in [1.807, 2.05) is 6.07 Å². The Morgan fingerprint density at radius 1 is 0.667 bits per heavy atom. The van der Waals surface area contributed by atoms with Crippen LogP contribution in [0.15, 0.2) is 82.9 Å². The van der Waals surface area contributed by atoms with Gasteiger partial charge in [-0.05, 0) is 24.3 Å². The first-order valence-corrected chi connectivity index (χ1v) is 10.7. The number of aromatic amines is 2. The molecule has 0 aliphatic rings. The lowest BCUT2D eigenvalue weighted by Gasteiger charge is -2.05. The van der Waals surface area contributed by atoms with Gasteiger partial charge in [0, 0.05) is 46.3 Å². The minimum absolute atomic E-state index is 0.0790. The highest BCUT2D eigenvalue weighted by Gasteiger charge is 2.13. The smallest absolute Gasteiger partial charge is 0.337 e. The number of nitrogens with zero attached hydrogens (tertiary/aromatic N) is 2. The van der Waals surface area contributed by atoms with Crippen molar-refractivity contribution < 1.29 is 14.7 Å². The highest BCUT2D eigenvalue weighted by Crippen LogP contribution is 2.23. The van der Waals surface area contributed by atoms with Gasteiger partial charge in [-0.2, -0.15) is 0 Å². The molecule has 0 bridgehead atoms. The first kappa shape index (κ1) is 22.4. The molecule has 0 saturated heterocycles. The van der Waals surface area contributed by atoms with Crippen molar-refractivity contribution in [2.24, 2.45) is 5.73 Å². The van der Waals surface area contributed by atoms with Gasteiger partial charge in [-0.15, -0.1) is 0 Å². The summed E-state index contributed by atoms with van der Waals surface area (Å²) in [6, 6.07) is 13.3. The zero-order valence-corrected chi connectivity index (χ0v) is 18.5. The number of nitrogens with two attached hydrogens (primary N) is 1. The van der Waals surface area contributed by atoms with E-state index < -0.39 is 11.9 Å².